The molecule has 2 aliphatic heterocycles. The van der Waals surface area contributed by atoms with E-state index >= 15 is 0 Å². The molecule has 1 amide bonds. The Labute approximate surface area is 157 Å². The molecule has 1 aromatic rings. The minimum absolute atomic E-state index is 0.186. The highest BCUT2D eigenvalue weighted by Crippen LogP contribution is 2.20. The maximum absolute atomic E-state index is 12.5. The van der Waals surface area contributed by atoms with E-state index < -0.39 is 0 Å². The van der Waals surface area contributed by atoms with Gasteiger partial charge in [0.05, 0.1) is 12.6 Å². The third kappa shape index (κ3) is 5.79. The number of benzene rings is 1. The van der Waals surface area contributed by atoms with Gasteiger partial charge in [0.15, 0.2) is 0 Å². The predicted octanol–water partition coefficient (Wildman–Crippen LogP) is 1.81. The first-order valence-electron chi connectivity index (χ1n) is 10.0. The summed E-state index contributed by atoms with van der Waals surface area (Å²) in [6, 6.07) is 10.6. The molecule has 2 fully saturated rings. The third-order valence-electron chi connectivity index (χ3n) is 5.75. The molecule has 1 N–H and O–H groups in total. The van der Waals surface area contributed by atoms with Gasteiger partial charge in [-0.05, 0) is 56.8 Å². The molecule has 5 heteroatoms. The van der Waals surface area contributed by atoms with E-state index in [9.17, 15) is 9.90 Å². The molecule has 2 heterocycles. The second kappa shape index (κ2) is 9.49. The highest BCUT2D eigenvalue weighted by Gasteiger charge is 2.24. The fourth-order valence-electron chi connectivity index (χ4n) is 4.14. The van der Waals surface area contributed by atoms with Crippen molar-refractivity contribution < 1.29 is 9.90 Å². The lowest BCUT2D eigenvalue weighted by atomic mass is 9.96. The van der Waals surface area contributed by atoms with E-state index in [2.05, 4.69) is 40.1 Å². The summed E-state index contributed by atoms with van der Waals surface area (Å²) in [4.78, 5) is 19.0. The number of aliphatic hydroxyl groups excluding tert-OH is 1. The van der Waals surface area contributed by atoms with Crippen molar-refractivity contribution in [3.05, 3.63) is 35.9 Å². The number of carbonyl (C=O) groups is 1. The number of nitrogens with zero attached hydrogens (tertiary/aromatic N) is 3. The van der Waals surface area contributed by atoms with Crippen molar-refractivity contribution in [3.63, 3.8) is 0 Å². The van der Waals surface area contributed by atoms with Crippen LogP contribution in [0, 0.1) is 5.92 Å². The minimum Gasteiger partial charge on any atom is -0.392 e. The highest BCUT2D eigenvalue weighted by molar-refractivity contribution is 5.78. The molecular formula is C21H33N3O2. The summed E-state index contributed by atoms with van der Waals surface area (Å²) in [5.74, 6) is 0.786. The van der Waals surface area contributed by atoms with Crippen molar-refractivity contribution in [2.24, 2.45) is 5.92 Å². The van der Waals surface area contributed by atoms with Gasteiger partial charge in [0.1, 0.15) is 0 Å². The SMILES string of the molecule is CN(CC1CCN(Cc2ccccc2)CC1)C(=O)CN1CCCC(O)C1. The van der Waals surface area contributed by atoms with Crippen LogP contribution in [-0.4, -0.2) is 78.1 Å². The number of likely N-dealkylation sites (N-methyl/N-ethyl adjacent to an activating group) is 1. The van der Waals surface area contributed by atoms with E-state index in [1.165, 1.54) is 5.56 Å². The van der Waals surface area contributed by atoms with E-state index in [0.717, 1.165) is 58.4 Å². The highest BCUT2D eigenvalue weighted by atomic mass is 16.3. The van der Waals surface area contributed by atoms with Crippen molar-refractivity contribution in [2.45, 2.75) is 38.3 Å². The Bertz CT molecular complexity index is 558. The van der Waals surface area contributed by atoms with Crippen molar-refractivity contribution >= 4 is 5.91 Å². The Balaban J connectivity index is 1.37. The molecule has 0 aliphatic carbocycles. The summed E-state index contributed by atoms with van der Waals surface area (Å²) in [6.07, 6.45) is 3.90. The molecule has 1 atom stereocenters. The van der Waals surface area contributed by atoms with Crippen molar-refractivity contribution in [1.82, 2.24) is 14.7 Å². The molecule has 2 saturated heterocycles. The Morgan fingerprint density at radius 1 is 1.12 bits per heavy atom. The zero-order valence-corrected chi connectivity index (χ0v) is 16.0. The standard InChI is InChI=1S/C21H33N3O2/c1-22(21(26)17-24-11-5-8-20(25)16-24)14-19-9-12-23(13-10-19)15-18-6-3-2-4-7-18/h2-4,6-7,19-20,25H,5,8-17H2,1H3. The van der Waals surface area contributed by atoms with Gasteiger partial charge >= 0.3 is 0 Å². The summed E-state index contributed by atoms with van der Waals surface area (Å²) < 4.78 is 0. The van der Waals surface area contributed by atoms with Gasteiger partial charge in [-0.3, -0.25) is 14.6 Å². The number of carbonyl (C=O) groups excluding carboxylic acids is 1. The fourth-order valence-corrected chi connectivity index (χ4v) is 4.14. The Hall–Kier alpha value is -1.43. The number of aliphatic hydroxyl groups is 1. The number of hydrogen-bond donors (Lipinski definition) is 1. The van der Waals surface area contributed by atoms with Crippen LogP contribution in [0.1, 0.15) is 31.2 Å². The average molecular weight is 360 g/mol. The molecule has 0 radical (unpaired) electrons. The largest absolute Gasteiger partial charge is 0.392 e. The zero-order valence-electron chi connectivity index (χ0n) is 16.0. The topological polar surface area (TPSA) is 47.0 Å². The van der Waals surface area contributed by atoms with Crippen LogP contribution in [0.5, 0.6) is 0 Å². The maximum atomic E-state index is 12.5. The van der Waals surface area contributed by atoms with Crippen molar-refractivity contribution in [2.75, 3.05) is 46.3 Å². The lowest BCUT2D eigenvalue weighted by Gasteiger charge is -2.35. The van der Waals surface area contributed by atoms with Crippen LogP contribution in [0.3, 0.4) is 0 Å². The van der Waals surface area contributed by atoms with E-state index in [1.54, 1.807) is 0 Å². The molecule has 2 aliphatic rings. The monoisotopic (exact) mass is 359 g/mol. The van der Waals surface area contributed by atoms with E-state index in [-0.39, 0.29) is 12.0 Å². The molecule has 26 heavy (non-hydrogen) atoms. The van der Waals surface area contributed by atoms with Gasteiger partial charge in [-0.2, -0.15) is 0 Å². The van der Waals surface area contributed by atoms with Crippen LogP contribution in [0.25, 0.3) is 0 Å². The van der Waals surface area contributed by atoms with E-state index in [0.29, 0.717) is 19.0 Å². The van der Waals surface area contributed by atoms with Crippen LogP contribution in [-0.2, 0) is 11.3 Å². The van der Waals surface area contributed by atoms with Gasteiger partial charge in [0, 0.05) is 26.7 Å². The first kappa shape index (κ1) is 19.3. The summed E-state index contributed by atoms with van der Waals surface area (Å²) in [7, 11) is 1.93. The summed E-state index contributed by atoms with van der Waals surface area (Å²) in [6.45, 7) is 6.11. The van der Waals surface area contributed by atoms with Crippen LogP contribution in [0.2, 0.25) is 0 Å². The number of rotatable bonds is 6. The predicted molar refractivity (Wildman–Crippen MR) is 104 cm³/mol. The lowest BCUT2D eigenvalue weighted by molar-refractivity contribution is -0.132. The average Bonchev–Trinajstić information content (AvgIpc) is 2.64. The van der Waals surface area contributed by atoms with Crippen LogP contribution >= 0.6 is 0 Å². The second-order valence-corrected chi connectivity index (χ2v) is 8.01. The van der Waals surface area contributed by atoms with Gasteiger partial charge in [0.2, 0.25) is 5.91 Å². The Morgan fingerprint density at radius 2 is 1.85 bits per heavy atom. The maximum Gasteiger partial charge on any atom is 0.236 e. The normalized spacial score (nSPS) is 23.1. The summed E-state index contributed by atoms with van der Waals surface area (Å²) in [5, 5.41) is 9.75. The molecule has 1 aromatic carbocycles. The van der Waals surface area contributed by atoms with Gasteiger partial charge < -0.3 is 10.0 Å². The van der Waals surface area contributed by atoms with Gasteiger partial charge in [0.25, 0.3) is 0 Å². The molecule has 5 nitrogen and oxygen atoms in total. The van der Waals surface area contributed by atoms with E-state index in [1.807, 2.05) is 11.9 Å². The summed E-state index contributed by atoms with van der Waals surface area (Å²) in [5.41, 5.74) is 1.38. The minimum atomic E-state index is -0.268. The molecule has 0 aromatic heterocycles. The number of β-amino-alcohol motifs (C(OH)–C–C–N with tert-alkyl or cyclic N) is 1. The quantitative estimate of drug-likeness (QED) is 0.842. The Kier molecular flexibility index (Phi) is 7.06. The third-order valence-corrected chi connectivity index (χ3v) is 5.75. The number of amides is 1. The Morgan fingerprint density at radius 3 is 2.54 bits per heavy atom. The van der Waals surface area contributed by atoms with Gasteiger partial charge in [-0.1, -0.05) is 30.3 Å². The molecule has 0 saturated carbocycles. The van der Waals surface area contributed by atoms with Gasteiger partial charge in [-0.15, -0.1) is 0 Å². The number of likely N-dealkylation sites (tertiary alicyclic amines) is 2. The van der Waals surface area contributed by atoms with Crippen LogP contribution in [0.15, 0.2) is 30.3 Å². The fraction of sp³-hybridized carbons (Fsp3) is 0.667. The lowest BCUT2D eigenvalue weighted by Crippen LogP contribution is -2.46. The molecule has 1 unspecified atom stereocenters. The molecular weight excluding hydrogens is 326 g/mol. The molecule has 0 bridgehead atoms. The molecule has 0 spiro atoms. The number of piperidine rings is 2. The smallest absolute Gasteiger partial charge is 0.236 e. The molecule has 3 rings (SSSR count). The number of hydrogen-bond acceptors (Lipinski definition) is 4. The van der Waals surface area contributed by atoms with E-state index in [4.69, 9.17) is 0 Å². The van der Waals surface area contributed by atoms with Crippen LogP contribution < -0.4 is 0 Å². The zero-order chi connectivity index (χ0) is 18.4. The second-order valence-electron chi connectivity index (χ2n) is 8.01. The van der Waals surface area contributed by atoms with Crippen molar-refractivity contribution in [1.29, 1.82) is 0 Å². The first-order valence-corrected chi connectivity index (χ1v) is 10.0. The van der Waals surface area contributed by atoms with Crippen LogP contribution in [0.4, 0.5) is 0 Å². The molecule has 144 valence electrons. The first-order chi connectivity index (χ1) is 12.6. The van der Waals surface area contributed by atoms with Gasteiger partial charge in [-0.25, -0.2) is 0 Å². The van der Waals surface area contributed by atoms with Crippen molar-refractivity contribution in [3.8, 4) is 0 Å². The summed E-state index contributed by atoms with van der Waals surface area (Å²) >= 11 is 0.